The molecule has 2 unspecified atom stereocenters. The highest BCUT2D eigenvalue weighted by atomic mass is 16.5. The maximum atomic E-state index is 10.5. The number of carboxylic acid groups (broad SMARTS) is 1. The number of hydrogen-bond acceptors (Lipinski definition) is 3. The normalized spacial score (nSPS) is 29.4. The van der Waals surface area contributed by atoms with Crippen molar-refractivity contribution in [2.24, 2.45) is 5.92 Å². The minimum Gasteiger partial charge on any atom is -0.481 e. The first-order valence-corrected chi connectivity index (χ1v) is 8.26. The second-order valence-corrected chi connectivity index (χ2v) is 6.34. The molecule has 2 fully saturated rings. The van der Waals surface area contributed by atoms with Crippen LogP contribution in [-0.2, 0) is 9.53 Å². The van der Waals surface area contributed by atoms with Crippen molar-refractivity contribution in [3.63, 3.8) is 0 Å². The predicted octanol–water partition coefficient (Wildman–Crippen LogP) is 2.91. The van der Waals surface area contributed by atoms with Gasteiger partial charge in [-0.25, -0.2) is 0 Å². The first-order chi connectivity index (χ1) is 9.69. The van der Waals surface area contributed by atoms with Crippen LogP contribution in [0, 0.1) is 5.92 Å². The van der Waals surface area contributed by atoms with E-state index in [-0.39, 0.29) is 12.5 Å². The fourth-order valence-corrected chi connectivity index (χ4v) is 3.69. The molecular formula is C16H29NO3. The highest BCUT2D eigenvalue weighted by Crippen LogP contribution is 2.31. The Morgan fingerprint density at radius 3 is 2.65 bits per heavy atom. The first kappa shape index (κ1) is 15.8. The summed E-state index contributed by atoms with van der Waals surface area (Å²) < 4.78 is 5.66. The zero-order chi connectivity index (χ0) is 14.4. The van der Waals surface area contributed by atoms with Gasteiger partial charge in [0, 0.05) is 19.1 Å². The van der Waals surface area contributed by atoms with Gasteiger partial charge >= 0.3 is 5.97 Å². The molecule has 20 heavy (non-hydrogen) atoms. The minimum atomic E-state index is -0.768. The van der Waals surface area contributed by atoms with Gasteiger partial charge in [0.05, 0.1) is 19.1 Å². The molecule has 4 heteroatoms. The molecule has 1 aliphatic heterocycles. The summed E-state index contributed by atoms with van der Waals surface area (Å²) in [6.07, 6.45) is 9.39. The molecule has 1 aliphatic carbocycles. The monoisotopic (exact) mass is 283 g/mol. The van der Waals surface area contributed by atoms with Crippen LogP contribution in [0.15, 0.2) is 0 Å². The summed E-state index contributed by atoms with van der Waals surface area (Å²) in [5.74, 6) is 0.161. The van der Waals surface area contributed by atoms with E-state index < -0.39 is 5.97 Å². The lowest BCUT2D eigenvalue weighted by atomic mass is 9.83. The smallest absolute Gasteiger partial charge is 0.305 e. The van der Waals surface area contributed by atoms with Gasteiger partial charge in [0.25, 0.3) is 0 Å². The van der Waals surface area contributed by atoms with E-state index in [1.807, 2.05) is 0 Å². The van der Waals surface area contributed by atoms with E-state index in [0.29, 0.717) is 6.61 Å². The largest absolute Gasteiger partial charge is 0.481 e. The first-order valence-electron chi connectivity index (χ1n) is 8.26. The second kappa shape index (κ2) is 7.99. The second-order valence-electron chi connectivity index (χ2n) is 6.34. The summed E-state index contributed by atoms with van der Waals surface area (Å²) in [5.41, 5.74) is 0. The highest BCUT2D eigenvalue weighted by molar-refractivity contribution is 5.66. The molecule has 2 aliphatic rings. The van der Waals surface area contributed by atoms with E-state index in [4.69, 9.17) is 9.84 Å². The summed E-state index contributed by atoms with van der Waals surface area (Å²) in [5, 5.41) is 8.62. The lowest BCUT2D eigenvalue weighted by molar-refractivity contribution is -0.138. The van der Waals surface area contributed by atoms with Crippen molar-refractivity contribution in [3.8, 4) is 0 Å². The fourth-order valence-electron chi connectivity index (χ4n) is 3.69. The number of piperidine rings is 1. The summed E-state index contributed by atoms with van der Waals surface area (Å²) in [6, 6.07) is 0.786. The lowest BCUT2D eigenvalue weighted by Gasteiger charge is -2.41. The predicted molar refractivity (Wildman–Crippen MR) is 78.8 cm³/mol. The Balaban J connectivity index is 1.67. The molecule has 1 saturated carbocycles. The van der Waals surface area contributed by atoms with Crippen molar-refractivity contribution in [3.05, 3.63) is 0 Å². The van der Waals surface area contributed by atoms with E-state index >= 15 is 0 Å². The standard InChI is InChI=1S/C16H29NO3/c1-2-13-4-3-5-14(12-13)17-9-6-15(7-10-17)20-11-8-16(18)19/h13-15H,2-12H2,1H3,(H,18,19). The van der Waals surface area contributed by atoms with Crippen molar-refractivity contribution in [1.82, 2.24) is 4.90 Å². The third-order valence-electron chi connectivity index (χ3n) is 4.99. The number of rotatable bonds is 6. The van der Waals surface area contributed by atoms with Crippen LogP contribution in [0.1, 0.15) is 58.3 Å². The SMILES string of the molecule is CCC1CCCC(N2CCC(OCCC(=O)O)CC2)C1. The Bertz CT molecular complexity index is 300. The van der Waals surface area contributed by atoms with Gasteiger partial charge in [-0.1, -0.05) is 26.2 Å². The van der Waals surface area contributed by atoms with Crippen molar-refractivity contribution in [2.45, 2.75) is 70.4 Å². The van der Waals surface area contributed by atoms with Crippen LogP contribution >= 0.6 is 0 Å². The highest BCUT2D eigenvalue weighted by Gasteiger charge is 2.29. The molecule has 0 aromatic rings. The molecule has 0 aromatic carbocycles. The molecule has 0 aromatic heterocycles. The van der Waals surface area contributed by atoms with Gasteiger partial charge in [-0.2, -0.15) is 0 Å². The minimum absolute atomic E-state index is 0.126. The Morgan fingerprint density at radius 1 is 1.25 bits per heavy atom. The van der Waals surface area contributed by atoms with Gasteiger partial charge in [-0.15, -0.1) is 0 Å². The number of carboxylic acids is 1. The quantitative estimate of drug-likeness (QED) is 0.814. The van der Waals surface area contributed by atoms with E-state index in [0.717, 1.165) is 37.9 Å². The van der Waals surface area contributed by atoms with Gasteiger partial charge in [0.1, 0.15) is 0 Å². The number of nitrogens with zero attached hydrogens (tertiary/aromatic N) is 1. The Kier molecular flexibility index (Phi) is 6.30. The maximum Gasteiger partial charge on any atom is 0.305 e. The van der Waals surface area contributed by atoms with E-state index in [2.05, 4.69) is 11.8 Å². The van der Waals surface area contributed by atoms with Gasteiger partial charge < -0.3 is 14.7 Å². The third kappa shape index (κ3) is 4.74. The molecule has 2 rings (SSSR count). The molecular weight excluding hydrogens is 254 g/mol. The van der Waals surface area contributed by atoms with Crippen LogP contribution in [0.5, 0.6) is 0 Å². The topological polar surface area (TPSA) is 49.8 Å². The van der Waals surface area contributed by atoms with Crippen LogP contribution in [0.4, 0.5) is 0 Å². The van der Waals surface area contributed by atoms with Gasteiger partial charge in [-0.05, 0) is 31.6 Å². The molecule has 1 saturated heterocycles. The molecule has 1 heterocycles. The van der Waals surface area contributed by atoms with Gasteiger partial charge in [-0.3, -0.25) is 4.79 Å². The molecule has 1 N–H and O–H groups in total. The van der Waals surface area contributed by atoms with Crippen molar-refractivity contribution >= 4 is 5.97 Å². The Morgan fingerprint density at radius 2 is 2.00 bits per heavy atom. The zero-order valence-corrected chi connectivity index (χ0v) is 12.7. The average molecular weight is 283 g/mol. The van der Waals surface area contributed by atoms with Crippen LogP contribution in [-0.4, -0.2) is 47.8 Å². The lowest BCUT2D eigenvalue weighted by Crippen LogP contribution is -2.45. The van der Waals surface area contributed by atoms with Crippen LogP contribution < -0.4 is 0 Å². The average Bonchev–Trinajstić information content (AvgIpc) is 2.48. The summed E-state index contributed by atoms with van der Waals surface area (Å²) in [4.78, 5) is 13.1. The molecule has 0 amide bonds. The van der Waals surface area contributed by atoms with Crippen molar-refractivity contribution in [1.29, 1.82) is 0 Å². The third-order valence-corrected chi connectivity index (χ3v) is 4.99. The Hall–Kier alpha value is -0.610. The summed E-state index contributed by atoms with van der Waals surface area (Å²) >= 11 is 0. The summed E-state index contributed by atoms with van der Waals surface area (Å²) in [6.45, 7) is 4.93. The van der Waals surface area contributed by atoms with Crippen LogP contribution in [0.3, 0.4) is 0 Å². The molecule has 2 atom stereocenters. The fraction of sp³-hybridized carbons (Fsp3) is 0.938. The van der Waals surface area contributed by atoms with Gasteiger partial charge in [0.15, 0.2) is 0 Å². The number of likely N-dealkylation sites (tertiary alicyclic amines) is 1. The van der Waals surface area contributed by atoms with Crippen molar-refractivity contribution < 1.29 is 14.6 Å². The van der Waals surface area contributed by atoms with E-state index in [1.165, 1.54) is 32.1 Å². The van der Waals surface area contributed by atoms with Crippen molar-refractivity contribution in [2.75, 3.05) is 19.7 Å². The molecule has 4 nitrogen and oxygen atoms in total. The van der Waals surface area contributed by atoms with E-state index in [9.17, 15) is 4.79 Å². The number of ether oxygens (including phenoxy) is 1. The maximum absolute atomic E-state index is 10.5. The number of hydrogen-bond donors (Lipinski definition) is 1. The molecule has 0 spiro atoms. The summed E-state index contributed by atoms with van der Waals surface area (Å²) in [7, 11) is 0. The Labute approximate surface area is 122 Å². The van der Waals surface area contributed by atoms with Crippen LogP contribution in [0.25, 0.3) is 0 Å². The molecule has 116 valence electrons. The molecule has 0 bridgehead atoms. The number of carbonyl (C=O) groups is 1. The molecule has 0 radical (unpaired) electrons. The zero-order valence-electron chi connectivity index (χ0n) is 12.7. The van der Waals surface area contributed by atoms with Crippen LogP contribution in [0.2, 0.25) is 0 Å². The van der Waals surface area contributed by atoms with E-state index in [1.54, 1.807) is 0 Å². The van der Waals surface area contributed by atoms with Gasteiger partial charge in [0.2, 0.25) is 0 Å². The number of aliphatic carboxylic acids is 1.